The zero-order chi connectivity index (χ0) is 13.9. The molecule has 1 N–H and O–H groups in total. The maximum atomic E-state index is 3.67. The molecule has 0 aliphatic heterocycles. The van der Waals surface area contributed by atoms with E-state index < -0.39 is 0 Å². The van der Waals surface area contributed by atoms with Crippen LogP contribution < -0.4 is 5.32 Å². The summed E-state index contributed by atoms with van der Waals surface area (Å²) in [5, 5.41) is 3.67. The molecule has 0 saturated carbocycles. The van der Waals surface area contributed by atoms with Crippen LogP contribution in [0.4, 0.5) is 0 Å². The Balaban J connectivity index is 1.91. The predicted octanol–water partition coefficient (Wildman–Crippen LogP) is 5.09. The van der Waals surface area contributed by atoms with Crippen LogP contribution in [0, 0.1) is 6.92 Å². The van der Waals surface area contributed by atoms with Gasteiger partial charge in [-0.3, -0.25) is 0 Å². The third-order valence-corrected chi connectivity index (χ3v) is 6.37. The van der Waals surface area contributed by atoms with Crippen molar-refractivity contribution in [3.63, 3.8) is 0 Å². The van der Waals surface area contributed by atoms with Gasteiger partial charge in [0.15, 0.2) is 0 Å². The lowest BCUT2D eigenvalue weighted by atomic mass is 10.1. The van der Waals surface area contributed by atoms with Gasteiger partial charge in [0.1, 0.15) is 0 Å². The van der Waals surface area contributed by atoms with Crippen LogP contribution >= 0.6 is 22.7 Å². The molecular weight excluding hydrogens is 282 g/mol. The zero-order valence-corrected chi connectivity index (χ0v) is 14.0. The van der Waals surface area contributed by atoms with Gasteiger partial charge in [0.25, 0.3) is 0 Å². The Kier molecular flexibility index (Phi) is 4.59. The molecule has 1 nitrogen and oxygen atoms in total. The van der Waals surface area contributed by atoms with Gasteiger partial charge in [-0.1, -0.05) is 13.3 Å². The Bertz CT molecular complexity index is 544. The van der Waals surface area contributed by atoms with E-state index in [2.05, 4.69) is 37.4 Å². The van der Waals surface area contributed by atoms with Crippen LogP contribution in [-0.2, 0) is 12.8 Å². The lowest BCUT2D eigenvalue weighted by molar-refractivity contribution is 0.648. The van der Waals surface area contributed by atoms with Gasteiger partial charge < -0.3 is 5.32 Å². The fraction of sp³-hybridized carbons (Fsp3) is 0.529. The first-order chi connectivity index (χ1) is 9.78. The summed E-state index contributed by atoms with van der Waals surface area (Å²) in [5.74, 6) is 0. The Hall–Kier alpha value is -0.640. The molecule has 3 heteroatoms. The predicted molar refractivity (Wildman–Crippen MR) is 90.2 cm³/mol. The van der Waals surface area contributed by atoms with E-state index >= 15 is 0 Å². The van der Waals surface area contributed by atoms with Crippen LogP contribution in [0.15, 0.2) is 18.2 Å². The summed E-state index contributed by atoms with van der Waals surface area (Å²) in [7, 11) is 0. The van der Waals surface area contributed by atoms with Gasteiger partial charge in [-0.05, 0) is 62.9 Å². The SMILES string of the molecule is CCNC(c1ccc(C)s1)c1cc2c(s1)CCCCC2. The normalized spacial score (nSPS) is 16.7. The number of hydrogen-bond acceptors (Lipinski definition) is 3. The molecule has 0 radical (unpaired) electrons. The maximum absolute atomic E-state index is 3.67. The Morgan fingerprint density at radius 1 is 1.10 bits per heavy atom. The van der Waals surface area contributed by atoms with Crippen molar-refractivity contribution in [3.8, 4) is 0 Å². The molecule has 1 aliphatic rings. The number of aryl methyl sites for hydroxylation is 3. The second-order valence-corrected chi connectivity index (χ2v) is 8.08. The quantitative estimate of drug-likeness (QED) is 0.776. The molecule has 0 aromatic carbocycles. The monoisotopic (exact) mass is 305 g/mol. The lowest BCUT2D eigenvalue weighted by Crippen LogP contribution is -2.20. The zero-order valence-electron chi connectivity index (χ0n) is 12.4. The molecule has 0 saturated heterocycles. The molecule has 2 aromatic rings. The van der Waals surface area contributed by atoms with Gasteiger partial charge in [0.05, 0.1) is 6.04 Å². The van der Waals surface area contributed by atoms with E-state index in [0.717, 1.165) is 6.54 Å². The number of fused-ring (bicyclic) bond motifs is 1. The second-order valence-electron chi connectivity index (χ2n) is 5.60. The van der Waals surface area contributed by atoms with Crippen molar-refractivity contribution < 1.29 is 0 Å². The van der Waals surface area contributed by atoms with Gasteiger partial charge in [0.2, 0.25) is 0 Å². The molecule has 0 fully saturated rings. The van der Waals surface area contributed by atoms with E-state index in [-0.39, 0.29) is 0 Å². The molecule has 0 bridgehead atoms. The molecule has 20 heavy (non-hydrogen) atoms. The number of rotatable bonds is 4. The van der Waals surface area contributed by atoms with Gasteiger partial charge in [-0.2, -0.15) is 0 Å². The fourth-order valence-corrected chi connectivity index (χ4v) is 5.39. The first-order valence-corrected chi connectivity index (χ1v) is 9.32. The van der Waals surface area contributed by atoms with Gasteiger partial charge in [-0.15, -0.1) is 22.7 Å². The molecule has 0 amide bonds. The Morgan fingerprint density at radius 3 is 2.70 bits per heavy atom. The summed E-state index contributed by atoms with van der Waals surface area (Å²) < 4.78 is 0. The minimum absolute atomic E-state index is 0.399. The summed E-state index contributed by atoms with van der Waals surface area (Å²) >= 11 is 3.97. The summed E-state index contributed by atoms with van der Waals surface area (Å²) in [5.41, 5.74) is 1.62. The molecule has 2 heterocycles. The average molecular weight is 306 g/mol. The Morgan fingerprint density at radius 2 is 1.95 bits per heavy atom. The van der Waals surface area contributed by atoms with Crippen LogP contribution in [0.5, 0.6) is 0 Å². The van der Waals surface area contributed by atoms with Crippen LogP contribution in [-0.4, -0.2) is 6.54 Å². The summed E-state index contributed by atoms with van der Waals surface area (Å²) in [4.78, 5) is 6.02. The average Bonchev–Trinajstić information content (AvgIpc) is 2.97. The van der Waals surface area contributed by atoms with E-state index in [1.807, 2.05) is 22.7 Å². The van der Waals surface area contributed by atoms with E-state index in [0.29, 0.717) is 6.04 Å². The van der Waals surface area contributed by atoms with Gasteiger partial charge in [-0.25, -0.2) is 0 Å². The highest BCUT2D eigenvalue weighted by molar-refractivity contribution is 7.13. The van der Waals surface area contributed by atoms with E-state index in [1.54, 1.807) is 10.4 Å². The van der Waals surface area contributed by atoms with E-state index in [1.165, 1.54) is 46.7 Å². The van der Waals surface area contributed by atoms with Crippen LogP contribution in [0.3, 0.4) is 0 Å². The van der Waals surface area contributed by atoms with Crippen molar-refractivity contribution in [1.82, 2.24) is 5.32 Å². The van der Waals surface area contributed by atoms with Gasteiger partial charge >= 0.3 is 0 Å². The van der Waals surface area contributed by atoms with Crippen molar-refractivity contribution in [1.29, 1.82) is 0 Å². The second kappa shape index (κ2) is 6.42. The smallest absolute Gasteiger partial charge is 0.0765 e. The molecule has 1 aliphatic carbocycles. The van der Waals surface area contributed by atoms with Crippen molar-refractivity contribution >= 4 is 22.7 Å². The minimum atomic E-state index is 0.399. The molecule has 3 rings (SSSR count). The number of thiophene rings is 2. The van der Waals surface area contributed by atoms with Crippen molar-refractivity contribution in [2.45, 2.75) is 52.0 Å². The molecule has 0 spiro atoms. The largest absolute Gasteiger partial charge is 0.305 e. The third-order valence-electron chi connectivity index (χ3n) is 4.00. The van der Waals surface area contributed by atoms with Crippen molar-refractivity contribution in [3.05, 3.63) is 43.3 Å². The highest BCUT2D eigenvalue weighted by Gasteiger charge is 2.20. The third kappa shape index (κ3) is 3.00. The maximum Gasteiger partial charge on any atom is 0.0765 e. The highest BCUT2D eigenvalue weighted by Crippen LogP contribution is 2.36. The van der Waals surface area contributed by atoms with Crippen molar-refractivity contribution in [2.24, 2.45) is 0 Å². The van der Waals surface area contributed by atoms with Crippen LogP contribution in [0.1, 0.15) is 57.3 Å². The highest BCUT2D eigenvalue weighted by atomic mass is 32.1. The topological polar surface area (TPSA) is 12.0 Å². The molecule has 108 valence electrons. The Labute approximate surface area is 130 Å². The molecule has 1 atom stereocenters. The summed E-state index contributed by atoms with van der Waals surface area (Å²) in [6, 6.07) is 7.41. The first-order valence-electron chi connectivity index (χ1n) is 7.69. The number of nitrogens with one attached hydrogen (secondary N) is 1. The fourth-order valence-electron chi connectivity index (χ4n) is 2.99. The summed E-state index contributed by atoms with van der Waals surface area (Å²) in [6.07, 6.45) is 6.72. The standard InChI is InChI=1S/C17H23NS2/c1-3-18-17(15-10-9-12(2)19-15)16-11-13-7-5-4-6-8-14(13)20-16/h9-11,17-18H,3-8H2,1-2H3. The van der Waals surface area contributed by atoms with Crippen LogP contribution in [0.25, 0.3) is 0 Å². The van der Waals surface area contributed by atoms with Gasteiger partial charge in [0, 0.05) is 19.5 Å². The molecule has 2 aromatic heterocycles. The van der Waals surface area contributed by atoms with Crippen LogP contribution in [0.2, 0.25) is 0 Å². The first kappa shape index (κ1) is 14.3. The van der Waals surface area contributed by atoms with E-state index in [9.17, 15) is 0 Å². The lowest BCUT2D eigenvalue weighted by Gasteiger charge is -2.14. The molecule has 1 unspecified atom stereocenters. The minimum Gasteiger partial charge on any atom is -0.305 e. The summed E-state index contributed by atoms with van der Waals surface area (Å²) in [6.45, 7) is 5.41. The number of hydrogen-bond donors (Lipinski definition) is 1. The van der Waals surface area contributed by atoms with Crippen molar-refractivity contribution in [2.75, 3.05) is 6.54 Å². The van der Waals surface area contributed by atoms with E-state index in [4.69, 9.17) is 0 Å². The molecular formula is C17H23NS2.